The van der Waals surface area contributed by atoms with Gasteiger partial charge in [0.2, 0.25) is 0 Å². The molecule has 4 nitrogen and oxygen atoms in total. The Morgan fingerprint density at radius 3 is 2.56 bits per heavy atom. The fourth-order valence-electron chi connectivity index (χ4n) is 2.38. The fourth-order valence-corrected chi connectivity index (χ4v) is 2.38. The Hall–Kier alpha value is -1.84. The van der Waals surface area contributed by atoms with Gasteiger partial charge in [0.25, 0.3) is 5.91 Å². The molecule has 4 heteroatoms. The zero-order valence-electron chi connectivity index (χ0n) is 10.8. The number of benzene rings is 1. The molecule has 1 aliphatic heterocycles. The van der Waals surface area contributed by atoms with Gasteiger partial charge >= 0.3 is 5.97 Å². The molecule has 96 valence electrons. The average Bonchev–Trinajstić information content (AvgIpc) is 2.67. The largest absolute Gasteiger partial charge is 0.467 e. The van der Waals surface area contributed by atoms with E-state index in [2.05, 4.69) is 0 Å². The Kier molecular flexibility index (Phi) is 3.36. The molecule has 0 saturated heterocycles. The summed E-state index contributed by atoms with van der Waals surface area (Å²) in [5.74, 6) is -0.420. The van der Waals surface area contributed by atoms with Crippen LogP contribution in [0, 0.1) is 5.92 Å². The van der Waals surface area contributed by atoms with Crippen molar-refractivity contribution in [2.45, 2.75) is 26.4 Å². The van der Waals surface area contributed by atoms with Gasteiger partial charge in [0.1, 0.15) is 6.04 Å². The molecule has 1 aromatic carbocycles. The van der Waals surface area contributed by atoms with Crippen molar-refractivity contribution in [2.24, 2.45) is 5.92 Å². The lowest BCUT2D eigenvalue weighted by Crippen LogP contribution is -2.45. The third-order valence-electron chi connectivity index (χ3n) is 3.26. The van der Waals surface area contributed by atoms with Crippen LogP contribution in [0.1, 0.15) is 29.8 Å². The van der Waals surface area contributed by atoms with Gasteiger partial charge < -0.3 is 9.64 Å². The second-order valence-corrected chi connectivity index (χ2v) is 4.80. The third kappa shape index (κ3) is 1.98. The lowest BCUT2D eigenvalue weighted by molar-refractivity contribution is -0.147. The van der Waals surface area contributed by atoms with Crippen molar-refractivity contribution in [1.29, 1.82) is 0 Å². The minimum Gasteiger partial charge on any atom is -0.467 e. The number of methoxy groups -OCH3 is 1. The Bertz CT molecular complexity index is 482. The molecule has 0 saturated carbocycles. The Morgan fingerprint density at radius 1 is 1.33 bits per heavy atom. The highest BCUT2D eigenvalue weighted by atomic mass is 16.5. The molecule has 2 rings (SSSR count). The van der Waals surface area contributed by atoms with Gasteiger partial charge in [0, 0.05) is 12.1 Å². The summed E-state index contributed by atoms with van der Waals surface area (Å²) < 4.78 is 4.80. The van der Waals surface area contributed by atoms with E-state index in [0.29, 0.717) is 12.1 Å². The molecule has 0 N–H and O–H groups in total. The van der Waals surface area contributed by atoms with Gasteiger partial charge in [0.15, 0.2) is 0 Å². The topological polar surface area (TPSA) is 46.6 Å². The number of fused-ring (bicyclic) bond motifs is 1. The van der Waals surface area contributed by atoms with E-state index < -0.39 is 6.04 Å². The second-order valence-electron chi connectivity index (χ2n) is 4.80. The molecule has 1 aliphatic rings. The van der Waals surface area contributed by atoms with E-state index >= 15 is 0 Å². The van der Waals surface area contributed by atoms with Gasteiger partial charge in [-0.1, -0.05) is 32.0 Å². The van der Waals surface area contributed by atoms with Crippen molar-refractivity contribution < 1.29 is 14.3 Å². The van der Waals surface area contributed by atoms with Crippen LogP contribution in [0.25, 0.3) is 0 Å². The van der Waals surface area contributed by atoms with Gasteiger partial charge in [-0.25, -0.2) is 4.79 Å². The van der Waals surface area contributed by atoms with E-state index in [0.717, 1.165) is 5.56 Å². The number of rotatable bonds is 3. The van der Waals surface area contributed by atoms with Gasteiger partial charge in [-0.15, -0.1) is 0 Å². The van der Waals surface area contributed by atoms with Crippen LogP contribution in [0.5, 0.6) is 0 Å². The summed E-state index contributed by atoms with van der Waals surface area (Å²) >= 11 is 0. The molecule has 0 radical (unpaired) electrons. The summed E-state index contributed by atoms with van der Waals surface area (Å²) in [5, 5.41) is 0. The number of carbonyl (C=O) groups is 2. The molecule has 0 fully saturated rings. The van der Waals surface area contributed by atoms with Gasteiger partial charge in [-0.3, -0.25) is 4.79 Å². The molecule has 0 aliphatic carbocycles. The van der Waals surface area contributed by atoms with Crippen LogP contribution in [0.3, 0.4) is 0 Å². The van der Waals surface area contributed by atoms with Crippen LogP contribution in [0.15, 0.2) is 24.3 Å². The maximum atomic E-state index is 12.3. The van der Waals surface area contributed by atoms with Crippen molar-refractivity contribution in [1.82, 2.24) is 4.90 Å². The standard InChI is InChI=1S/C14H17NO3/c1-9(2)12(14(17)18-3)15-8-10-6-4-5-7-11(10)13(15)16/h4-7,9,12H,8H2,1-3H3/t12-/m0/s1. The smallest absolute Gasteiger partial charge is 0.328 e. The first-order chi connectivity index (χ1) is 8.56. The number of esters is 1. The number of nitrogens with zero attached hydrogens (tertiary/aromatic N) is 1. The summed E-state index contributed by atoms with van der Waals surface area (Å²) in [6.45, 7) is 4.31. The van der Waals surface area contributed by atoms with Crippen molar-refractivity contribution in [2.75, 3.05) is 7.11 Å². The summed E-state index contributed by atoms with van der Waals surface area (Å²) in [7, 11) is 1.35. The molecule has 0 unspecified atom stereocenters. The Balaban J connectivity index is 2.31. The van der Waals surface area contributed by atoms with Crippen molar-refractivity contribution >= 4 is 11.9 Å². The molecule has 0 aromatic heterocycles. The second kappa shape index (κ2) is 4.80. The molecule has 1 amide bonds. The summed E-state index contributed by atoms with van der Waals surface area (Å²) in [6, 6.07) is 6.93. The SMILES string of the molecule is COC(=O)[C@H](C(C)C)N1Cc2ccccc2C1=O. The molecular weight excluding hydrogens is 230 g/mol. The highest BCUT2D eigenvalue weighted by Gasteiger charge is 2.38. The molecule has 1 heterocycles. The molecule has 0 spiro atoms. The monoisotopic (exact) mass is 247 g/mol. The van der Waals surface area contributed by atoms with Gasteiger partial charge in [-0.05, 0) is 17.5 Å². The number of hydrogen-bond donors (Lipinski definition) is 0. The molecule has 1 aromatic rings. The van der Waals surface area contributed by atoms with E-state index in [1.165, 1.54) is 7.11 Å². The van der Waals surface area contributed by atoms with E-state index in [1.54, 1.807) is 11.0 Å². The van der Waals surface area contributed by atoms with E-state index in [9.17, 15) is 9.59 Å². The fraction of sp³-hybridized carbons (Fsp3) is 0.429. The Labute approximate surface area is 107 Å². The first-order valence-corrected chi connectivity index (χ1v) is 6.03. The molecular formula is C14H17NO3. The number of amides is 1. The predicted octanol–water partition coefficient (Wildman–Crippen LogP) is 1.84. The normalized spacial score (nSPS) is 15.8. The zero-order valence-corrected chi connectivity index (χ0v) is 10.8. The van der Waals surface area contributed by atoms with Crippen molar-refractivity contribution in [3.05, 3.63) is 35.4 Å². The quantitative estimate of drug-likeness (QED) is 0.766. The summed E-state index contributed by atoms with van der Waals surface area (Å²) in [6.07, 6.45) is 0. The number of ether oxygens (including phenoxy) is 1. The van der Waals surface area contributed by atoms with Crippen LogP contribution >= 0.6 is 0 Å². The Morgan fingerprint density at radius 2 is 2.00 bits per heavy atom. The third-order valence-corrected chi connectivity index (χ3v) is 3.26. The van der Waals surface area contributed by atoms with E-state index in [-0.39, 0.29) is 17.8 Å². The zero-order chi connectivity index (χ0) is 13.3. The van der Waals surface area contributed by atoms with Crippen molar-refractivity contribution in [3.63, 3.8) is 0 Å². The average molecular weight is 247 g/mol. The number of carbonyl (C=O) groups excluding carboxylic acids is 2. The summed E-state index contributed by atoms with van der Waals surface area (Å²) in [4.78, 5) is 25.7. The van der Waals surface area contributed by atoms with Crippen LogP contribution < -0.4 is 0 Å². The lowest BCUT2D eigenvalue weighted by atomic mass is 10.0. The lowest BCUT2D eigenvalue weighted by Gasteiger charge is -2.28. The van der Waals surface area contributed by atoms with Crippen LogP contribution in [0.2, 0.25) is 0 Å². The molecule has 0 bridgehead atoms. The number of hydrogen-bond acceptors (Lipinski definition) is 3. The molecule has 18 heavy (non-hydrogen) atoms. The van der Waals surface area contributed by atoms with Crippen LogP contribution in [-0.2, 0) is 16.1 Å². The van der Waals surface area contributed by atoms with E-state index in [1.807, 2.05) is 32.0 Å². The van der Waals surface area contributed by atoms with E-state index in [4.69, 9.17) is 4.74 Å². The molecule has 1 atom stereocenters. The first kappa shape index (κ1) is 12.6. The van der Waals surface area contributed by atoms with Crippen molar-refractivity contribution in [3.8, 4) is 0 Å². The minimum absolute atomic E-state index is 0.0238. The van der Waals surface area contributed by atoms with Gasteiger partial charge in [-0.2, -0.15) is 0 Å². The first-order valence-electron chi connectivity index (χ1n) is 6.03. The highest BCUT2D eigenvalue weighted by molar-refractivity contribution is 6.00. The minimum atomic E-state index is -0.519. The van der Waals surface area contributed by atoms with Crippen LogP contribution in [0.4, 0.5) is 0 Å². The summed E-state index contributed by atoms with van der Waals surface area (Å²) in [5.41, 5.74) is 1.66. The van der Waals surface area contributed by atoms with Crippen LogP contribution in [-0.4, -0.2) is 29.9 Å². The van der Waals surface area contributed by atoms with Gasteiger partial charge in [0.05, 0.1) is 7.11 Å². The predicted molar refractivity (Wildman–Crippen MR) is 67.0 cm³/mol. The maximum absolute atomic E-state index is 12.3. The maximum Gasteiger partial charge on any atom is 0.328 e. The highest BCUT2D eigenvalue weighted by Crippen LogP contribution is 2.27.